The molecule has 0 radical (unpaired) electrons. The van der Waals surface area contributed by atoms with Crippen molar-refractivity contribution in [2.45, 2.75) is 5.79 Å². The van der Waals surface area contributed by atoms with Crippen LogP contribution in [0.4, 0.5) is 0 Å². The molecule has 0 saturated heterocycles. The fraction of sp³-hybridized carbons (Fsp3) is 0.455. The van der Waals surface area contributed by atoms with Gasteiger partial charge in [0.25, 0.3) is 0 Å². The molecule has 0 aliphatic carbocycles. The Morgan fingerprint density at radius 2 is 2.17 bits per heavy atom. The fourth-order valence-electron chi connectivity index (χ4n) is 1.69. The molecule has 0 aromatic heterocycles. The van der Waals surface area contributed by atoms with Crippen molar-refractivity contribution < 1.29 is 9.84 Å². The molecule has 2 rings (SSSR count). The quantitative estimate of drug-likeness (QED) is 0.757. The molecule has 1 atom stereocenters. The number of hydrogen-bond donors (Lipinski definition) is 2. The summed E-state index contributed by atoms with van der Waals surface area (Å²) in [6.07, 6.45) is 0. The first kappa shape index (κ1) is 13.7. The number of fused-ring (bicyclic) bond motifs is 1. The van der Waals surface area contributed by atoms with Crippen LogP contribution in [0.2, 0.25) is 10.0 Å². The molecule has 1 heterocycles. The van der Waals surface area contributed by atoms with Crippen LogP contribution in [0.1, 0.15) is 0 Å². The Labute approximate surface area is 114 Å². The zero-order chi connectivity index (χ0) is 13.2. The van der Waals surface area contributed by atoms with Gasteiger partial charge in [-0.05, 0) is 19.2 Å². The number of likely N-dealkylation sites (N-methyl/N-ethyl adjacent to an activating group) is 1. The van der Waals surface area contributed by atoms with Gasteiger partial charge < -0.3 is 9.84 Å². The average Bonchev–Trinajstić information content (AvgIpc) is 2.69. The largest absolute Gasteiger partial charge is 0.394 e. The van der Waals surface area contributed by atoms with Crippen molar-refractivity contribution in [2.75, 3.05) is 26.9 Å². The summed E-state index contributed by atoms with van der Waals surface area (Å²) in [6.45, 7) is 0.408. The van der Waals surface area contributed by atoms with E-state index >= 15 is 0 Å². The number of rotatable bonds is 5. The van der Waals surface area contributed by atoms with Crippen molar-refractivity contribution in [2.24, 2.45) is 9.98 Å². The molecule has 0 spiro atoms. The third kappa shape index (κ3) is 2.65. The minimum atomic E-state index is -0.897. The summed E-state index contributed by atoms with van der Waals surface area (Å²) in [4.78, 5) is 8.88. The van der Waals surface area contributed by atoms with Gasteiger partial charge in [0.15, 0.2) is 0 Å². The molecule has 0 saturated carbocycles. The first-order chi connectivity index (χ1) is 8.60. The lowest BCUT2D eigenvalue weighted by molar-refractivity contribution is 0.0518. The normalized spacial score (nSPS) is 21.3. The maximum Gasteiger partial charge on any atom is 0.229 e. The third-order valence-electron chi connectivity index (χ3n) is 2.55. The van der Waals surface area contributed by atoms with Gasteiger partial charge in [-0.25, -0.2) is 9.98 Å². The molecule has 1 aromatic carbocycles. The summed E-state index contributed by atoms with van der Waals surface area (Å²) in [5.41, 5.74) is 0. The van der Waals surface area contributed by atoms with E-state index in [4.69, 9.17) is 33.0 Å². The van der Waals surface area contributed by atoms with Crippen LogP contribution in [0.3, 0.4) is 0 Å². The van der Waals surface area contributed by atoms with Crippen LogP contribution in [0.15, 0.2) is 22.1 Å². The second kappa shape index (κ2) is 5.50. The summed E-state index contributed by atoms with van der Waals surface area (Å²) < 4.78 is 5.29. The van der Waals surface area contributed by atoms with Gasteiger partial charge in [0, 0.05) is 5.02 Å². The Morgan fingerprint density at radius 1 is 1.39 bits per heavy atom. The monoisotopic (exact) mass is 289 g/mol. The van der Waals surface area contributed by atoms with Gasteiger partial charge in [0.05, 0.1) is 23.6 Å². The highest BCUT2D eigenvalue weighted by Gasteiger charge is 2.30. The van der Waals surface area contributed by atoms with E-state index in [9.17, 15) is 0 Å². The van der Waals surface area contributed by atoms with Gasteiger partial charge >= 0.3 is 0 Å². The van der Waals surface area contributed by atoms with Crippen molar-refractivity contribution in [1.29, 1.82) is 0 Å². The van der Waals surface area contributed by atoms with Crippen LogP contribution in [-0.2, 0) is 4.74 Å². The molecule has 18 heavy (non-hydrogen) atoms. The average molecular weight is 290 g/mol. The van der Waals surface area contributed by atoms with Crippen LogP contribution in [-0.4, -0.2) is 37.8 Å². The Balaban J connectivity index is 2.37. The topological polar surface area (TPSA) is 66.2 Å². The van der Waals surface area contributed by atoms with Crippen molar-refractivity contribution in [3.63, 3.8) is 0 Å². The minimum Gasteiger partial charge on any atom is -0.394 e. The maximum atomic E-state index is 8.71. The van der Waals surface area contributed by atoms with Crippen molar-refractivity contribution in [3.8, 4) is 0 Å². The van der Waals surface area contributed by atoms with E-state index in [-0.39, 0.29) is 19.8 Å². The number of hydrogen-bond acceptors (Lipinski definition) is 5. The zero-order valence-electron chi connectivity index (χ0n) is 9.78. The summed E-state index contributed by atoms with van der Waals surface area (Å²) in [7, 11) is 1.73. The molecule has 7 heteroatoms. The van der Waals surface area contributed by atoms with Crippen LogP contribution >= 0.6 is 23.2 Å². The SMILES string of the molecule is CNC1(COCCO)N=c2cc(Cl)cc(Cl)c2=N1. The molecule has 1 aromatic rings. The van der Waals surface area contributed by atoms with Gasteiger partial charge in [-0.15, -0.1) is 0 Å². The highest BCUT2D eigenvalue weighted by atomic mass is 35.5. The molecule has 0 amide bonds. The van der Waals surface area contributed by atoms with Crippen molar-refractivity contribution in [1.82, 2.24) is 5.32 Å². The number of aliphatic hydroxyl groups is 1. The van der Waals surface area contributed by atoms with Gasteiger partial charge in [-0.2, -0.15) is 0 Å². The molecule has 1 unspecified atom stereocenters. The van der Waals surface area contributed by atoms with Gasteiger partial charge in [0.1, 0.15) is 12.0 Å². The Bertz CT molecular complexity index is 564. The summed E-state index contributed by atoms with van der Waals surface area (Å²) in [5.74, 6) is -0.897. The predicted octanol–water partition coefficient (Wildman–Crippen LogP) is 0.128. The van der Waals surface area contributed by atoms with E-state index in [1.54, 1.807) is 19.2 Å². The lowest BCUT2D eigenvalue weighted by Crippen LogP contribution is -2.43. The zero-order valence-corrected chi connectivity index (χ0v) is 11.3. The molecule has 1 aliphatic rings. The molecular weight excluding hydrogens is 277 g/mol. The van der Waals surface area contributed by atoms with E-state index in [0.29, 0.717) is 20.8 Å². The first-order valence-corrected chi connectivity index (χ1v) is 6.18. The van der Waals surface area contributed by atoms with Crippen LogP contribution in [0.5, 0.6) is 0 Å². The number of ether oxygens (including phenoxy) is 1. The molecule has 5 nitrogen and oxygen atoms in total. The summed E-state index contributed by atoms with van der Waals surface area (Å²) >= 11 is 12.0. The Morgan fingerprint density at radius 3 is 2.83 bits per heavy atom. The number of aliphatic hydroxyl groups excluding tert-OH is 1. The standard InChI is InChI=1S/C11H13Cl2N3O2/c1-14-11(6-18-3-2-17)15-9-5-7(12)4-8(13)10(9)16-11/h4-5,14,17H,2-3,6H2,1H3. The van der Waals surface area contributed by atoms with Crippen LogP contribution < -0.4 is 16.0 Å². The van der Waals surface area contributed by atoms with Crippen molar-refractivity contribution >= 4 is 23.2 Å². The molecular formula is C11H13Cl2N3O2. The minimum absolute atomic E-state index is 0.0423. The molecule has 1 aliphatic heterocycles. The van der Waals surface area contributed by atoms with E-state index in [1.165, 1.54) is 0 Å². The second-order valence-corrected chi connectivity index (χ2v) is 4.67. The second-order valence-electron chi connectivity index (χ2n) is 3.82. The van der Waals surface area contributed by atoms with Gasteiger partial charge in [-0.3, -0.25) is 5.32 Å². The highest BCUT2D eigenvalue weighted by molar-refractivity contribution is 6.34. The Kier molecular flexibility index (Phi) is 4.19. The summed E-state index contributed by atoms with van der Waals surface area (Å²) in [6, 6.07) is 3.33. The fourth-order valence-corrected chi connectivity index (χ4v) is 2.21. The molecule has 2 N–H and O–H groups in total. The lowest BCUT2D eigenvalue weighted by atomic mass is 10.3. The smallest absolute Gasteiger partial charge is 0.229 e. The van der Waals surface area contributed by atoms with Gasteiger partial charge in [-0.1, -0.05) is 23.2 Å². The number of nitrogens with zero attached hydrogens (tertiary/aromatic N) is 2. The van der Waals surface area contributed by atoms with Gasteiger partial charge in [0.2, 0.25) is 5.79 Å². The van der Waals surface area contributed by atoms with E-state index in [0.717, 1.165) is 0 Å². The first-order valence-electron chi connectivity index (χ1n) is 5.42. The van der Waals surface area contributed by atoms with Crippen LogP contribution in [0, 0.1) is 0 Å². The number of benzene rings is 1. The molecule has 98 valence electrons. The molecule has 0 bridgehead atoms. The van der Waals surface area contributed by atoms with Crippen molar-refractivity contribution in [3.05, 3.63) is 32.9 Å². The van der Waals surface area contributed by atoms with Crippen LogP contribution in [0.25, 0.3) is 0 Å². The highest BCUT2D eigenvalue weighted by Crippen LogP contribution is 2.15. The van der Waals surface area contributed by atoms with E-state index in [2.05, 4.69) is 15.3 Å². The lowest BCUT2D eigenvalue weighted by Gasteiger charge is -2.21. The predicted molar refractivity (Wildman–Crippen MR) is 68.5 cm³/mol. The van der Waals surface area contributed by atoms with E-state index < -0.39 is 5.79 Å². The van der Waals surface area contributed by atoms with E-state index in [1.807, 2.05) is 0 Å². The third-order valence-corrected chi connectivity index (χ3v) is 3.06. The summed E-state index contributed by atoms with van der Waals surface area (Å²) in [5, 5.41) is 13.9. The molecule has 0 fully saturated rings. The Hall–Kier alpha value is -0.720. The number of nitrogens with one attached hydrogen (secondary N) is 1. The number of halogens is 2. The maximum absolute atomic E-state index is 8.71.